The fourth-order valence-electron chi connectivity index (χ4n) is 2.74. The van der Waals surface area contributed by atoms with Gasteiger partial charge in [-0.1, -0.05) is 18.0 Å². The van der Waals surface area contributed by atoms with E-state index < -0.39 is 0 Å². The smallest absolute Gasteiger partial charge is 0.123 e. The fourth-order valence-corrected chi connectivity index (χ4v) is 2.92. The van der Waals surface area contributed by atoms with E-state index >= 15 is 0 Å². The molecule has 1 fully saturated rings. The lowest BCUT2D eigenvalue weighted by molar-refractivity contribution is 0.0891. The molecule has 0 aliphatic carbocycles. The largest absolute Gasteiger partial charge is 0.329 e. The molecular formula is C14H20ClFN2. The molecule has 0 spiro atoms. The van der Waals surface area contributed by atoms with E-state index in [0.29, 0.717) is 30.2 Å². The Morgan fingerprint density at radius 2 is 2.22 bits per heavy atom. The van der Waals surface area contributed by atoms with Gasteiger partial charge in [-0.05, 0) is 43.5 Å². The zero-order valence-electron chi connectivity index (χ0n) is 10.7. The second-order valence-electron chi connectivity index (χ2n) is 5.08. The van der Waals surface area contributed by atoms with Crippen LogP contribution in [0, 0.1) is 5.82 Å². The van der Waals surface area contributed by atoms with Crippen LogP contribution in [-0.2, 0) is 6.54 Å². The third-order valence-electron chi connectivity index (χ3n) is 3.83. The molecule has 2 unspecified atom stereocenters. The number of halogens is 2. The Morgan fingerprint density at radius 1 is 1.44 bits per heavy atom. The average molecular weight is 271 g/mol. The number of hydrogen-bond acceptors (Lipinski definition) is 2. The molecule has 2 nitrogen and oxygen atoms in total. The van der Waals surface area contributed by atoms with Crippen LogP contribution in [0.15, 0.2) is 18.2 Å². The van der Waals surface area contributed by atoms with Gasteiger partial charge in [0, 0.05) is 30.2 Å². The molecular weight excluding hydrogens is 251 g/mol. The highest BCUT2D eigenvalue weighted by atomic mass is 35.5. The first-order valence-electron chi connectivity index (χ1n) is 6.51. The summed E-state index contributed by atoms with van der Waals surface area (Å²) in [6.45, 7) is 3.53. The maximum atomic E-state index is 13.3. The minimum absolute atomic E-state index is 0.233. The zero-order valence-corrected chi connectivity index (χ0v) is 11.5. The molecule has 0 saturated carbocycles. The lowest BCUT2D eigenvalue weighted by atomic mass is 9.95. The van der Waals surface area contributed by atoms with E-state index in [9.17, 15) is 4.39 Å². The summed E-state index contributed by atoms with van der Waals surface area (Å²) >= 11 is 6.13. The summed E-state index contributed by atoms with van der Waals surface area (Å²) in [5, 5.41) is 0.630. The molecule has 4 heteroatoms. The lowest BCUT2D eigenvalue weighted by Crippen LogP contribution is -2.48. The van der Waals surface area contributed by atoms with Crippen molar-refractivity contribution in [1.29, 1.82) is 0 Å². The Balaban J connectivity index is 2.17. The van der Waals surface area contributed by atoms with Crippen LogP contribution in [0.25, 0.3) is 0 Å². The Bertz CT molecular complexity index is 411. The number of piperidine rings is 1. The van der Waals surface area contributed by atoms with Crippen LogP contribution in [0.1, 0.15) is 31.7 Å². The molecule has 1 heterocycles. The van der Waals surface area contributed by atoms with Crippen LogP contribution in [0.5, 0.6) is 0 Å². The maximum absolute atomic E-state index is 13.3. The van der Waals surface area contributed by atoms with Crippen molar-refractivity contribution in [3.8, 4) is 0 Å². The van der Waals surface area contributed by atoms with E-state index in [-0.39, 0.29) is 5.82 Å². The quantitative estimate of drug-likeness (QED) is 0.914. The molecule has 1 aliphatic rings. The number of nitrogens with zero attached hydrogens (tertiary/aromatic N) is 1. The van der Waals surface area contributed by atoms with Gasteiger partial charge in [-0.15, -0.1) is 0 Å². The van der Waals surface area contributed by atoms with Gasteiger partial charge in [0.1, 0.15) is 5.82 Å². The molecule has 2 rings (SSSR count). The van der Waals surface area contributed by atoms with E-state index in [1.54, 1.807) is 6.07 Å². The van der Waals surface area contributed by atoms with Crippen LogP contribution < -0.4 is 5.73 Å². The minimum atomic E-state index is -0.233. The van der Waals surface area contributed by atoms with E-state index in [1.807, 2.05) is 0 Å². The molecule has 2 atom stereocenters. The second kappa shape index (κ2) is 6.00. The number of benzene rings is 1. The average Bonchev–Trinajstić information content (AvgIpc) is 2.36. The van der Waals surface area contributed by atoms with Crippen molar-refractivity contribution in [2.45, 2.75) is 44.8 Å². The summed E-state index contributed by atoms with van der Waals surface area (Å²) in [4.78, 5) is 2.35. The number of hydrogen-bond donors (Lipinski definition) is 1. The van der Waals surface area contributed by atoms with Crippen molar-refractivity contribution in [2.75, 3.05) is 6.54 Å². The molecule has 1 aliphatic heterocycles. The van der Waals surface area contributed by atoms with Crippen LogP contribution >= 0.6 is 11.6 Å². The van der Waals surface area contributed by atoms with E-state index in [4.69, 9.17) is 17.3 Å². The lowest BCUT2D eigenvalue weighted by Gasteiger charge is -2.40. The predicted octanol–water partition coefficient (Wildman–Crippen LogP) is 3.18. The van der Waals surface area contributed by atoms with Crippen molar-refractivity contribution >= 4 is 11.6 Å². The van der Waals surface area contributed by atoms with E-state index in [2.05, 4.69) is 11.8 Å². The monoisotopic (exact) mass is 270 g/mol. The van der Waals surface area contributed by atoms with Crippen LogP contribution in [0.3, 0.4) is 0 Å². The first-order chi connectivity index (χ1) is 8.61. The van der Waals surface area contributed by atoms with Crippen LogP contribution in [0.4, 0.5) is 4.39 Å². The van der Waals surface area contributed by atoms with Gasteiger partial charge in [-0.3, -0.25) is 4.90 Å². The van der Waals surface area contributed by atoms with Crippen molar-refractivity contribution < 1.29 is 4.39 Å². The second-order valence-corrected chi connectivity index (χ2v) is 5.48. The van der Waals surface area contributed by atoms with Gasteiger partial charge in [-0.25, -0.2) is 4.39 Å². The van der Waals surface area contributed by atoms with Crippen molar-refractivity contribution in [3.05, 3.63) is 34.6 Å². The summed E-state index contributed by atoms with van der Waals surface area (Å²) < 4.78 is 13.3. The summed E-state index contributed by atoms with van der Waals surface area (Å²) in [5.74, 6) is -0.233. The number of nitrogens with two attached hydrogens (primary N) is 1. The number of rotatable bonds is 3. The third-order valence-corrected chi connectivity index (χ3v) is 4.20. The normalized spacial score (nSPS) is 25.3. The molecule has 2 N–H and O–H groups in total. The first kappa shape index (κ1) is 13.8. The molecule has 0 amide bonds. The summed E-state index contributed by atoms with van der Waals surface area (Å²) in [6.07, 6.45) is 3.51. The van der Waals surface area contributed by atoms with Crippen LogP contribution in [-0.4, -0.2) is 23.5 Å². The molecule has 0 bridgehead atoms. The molecule has 0 aromatic heterocycles. The van der Waals surface area contributed by atoms with Gasteiger partial charge in [0.05, 0.1) is 0 Å². The molecule has 0 radical (unpaired) electrons. The van der Waals surface area contributed by atoms with Gasteiger partial charge in [-0.2, -0.15) is 0 Å². The highest BCUT2D eigenvalue weighted by Gasteiger charge is 2.27. The highest BCUT2D eigenvalue weighted by molar-refractivity contribution is 6.31. The Morgan fingerprint density at radius 3 is 2.94 bits per heavy atom. The van der Waals surface area contributed by atoms with Gasteiger partial charge in [0.2, 0.25) is 0 Å². The van der Waals surface area contributed by atoms with E-state index in [1.165, 1.54) is 25.0 Å². The third kappa shape index (κ3) is 3.02. The maximum Gasteiger partial charge on any atom is 0.123 e. The Hall–Kier alpha value is -0.640. The van der Waals surface area contributed by atoms with Gasteiger partial charge >= 0.3 is 0 Å². The summed E-state index contributed by atoms with van der Waals surface area (Å²) in [6, 6.07) is 5.40. The highest BCUT2D eigenvalue weighted by Crippen LogP contribution is 2.27. The van der Waals surface area contributed by atoms with E-state index in [0.717, 1.165) is 12.0 Å². The minimum Gasteiger partial charge on any atom is -0.329 e. The molecule has 100 valence electrons. The van der Waals surface area contributed by atoms with Crippen molar-refractivity contribution in [1.82, 2.24) is 4.90 Å². The van der Waals surface area contributed by atoms with Crippen LogP contribution in [0.2, 0.25) is 5.02 Å². The van der Waals surface area contributed by atoms with Crippen molar-refractivity contribution in [3.63, 3.8) is 0 Å². The Labute approximate surface area is 113 Å². The van der Waals surface area contributed by atoms with Gasteiger partial charge in [0.25, 0.3) is 0 Å². The summed E-state index contributed by atoms with van der Waals surface area (Å²) in [7, 11) is 0. The summed E-state index contributed by atoms with van der Waals surface area (Å²) in [5.41, 5.74) is 6.68. The van der Waals surface area contributed by atoms with Gasteiger partial charge < -0.3 is 5.73 Å². The molecule has 18 heavy (non-hydrogen) atoms. The topological polar surface area (TPSA) is 29.3 Å². The zero-order chi connectivity index (χ0) is 13.1. The Kier molecular flexibility index (Phi) is 4.60. The predicted molar refractivity (Wildman–Crippen MR) is 73.1 cm³/mol. The van der Waals surface area contributed by atoms with Gasteiger partial charge in [0.15, 0.2) is 0 Å². The molecule has 1 saturated heterocycles. The van der Waals surface area contributed by atoms with Crippen molar-refractivity contribution in [2.24, 2.45) is 5.73 Å². The molecule has 1 aromatic carbocycles. The first-order valence-corrected chi connectivity index (χ1v) is 6.89. The SMILES string of the molecule is CC1CCCC(CN)N1Cc1cc(F)ccc1Cl. The number of likely N-dealkylation sites (tertiary alicyclic amines) is 1. The standard InChI is InChI=1S/C14H20ClFN2/c1-10-3-2-4-13(8-17)18(10)9-11-7-12(16)5-6-14(11)15/h5-7,10,13H,2-4,8-9,17H2,1H3. The molecule has 1 aromatic rings. The fraction of sp³-hybridized carbons (Fsp3) is 0.571.